The number of carbonyl (C=O) groups is 1. The topological polar surface area (TPSA) is 82.6 Å². The highest BCUT2D eigenvalue weighted by Gasteiger charge is 2.35. The summed E-state index contributed by atoms with van der Waals surface area (Å²) in [5.74, 6) is 0.431. The largest absolute Gasteiger partial charge is 0.381 e. The van der Waals surface area contributed by atoms with Gasteiger partial charge in [-0.1, -0.05) is 12.1 Å². The fraction of sp³-hybridized carbons (Fsp3) is 0.542. The van der Waals surface area contributed by atoms with Crippen molar-refractivity contribution in [2.24, 2.45) is 0 Å². The number of fused-ring (bicyclic) bond motifs is 1. The van der Waals surface area contributed by atoms with Gasteiger partial charge >= 0.3 is 6.03 Å². The molecule has 176 valence electrons. The van der Waals surface area contributed by atoms with Crippen LogP contribution in [0.5, 0.6) is 0 Å². The zero-order valence-corrected chi connectivity index (χ0v) is 19.0. The third kappa shape index (κ3) is 5.09. The molecule has 4 heterocycles. The maximum Gasteiger partial charge on any atom is 0.318 e. The number of benzene rings is 1. The molecule has 2 amide bonds. The summed E-state index contributed by atoms with van der Waals surface area (Å²) in [5, 5.41) is 6.62. The number of rotatable bonds is 4. The van der Waals surface area contributed by atoms with Crippen LogP contribution in [0.1, 0.15) is 35.6 Å². The molecule has 2 saturated heterocycles. The van der Waals surface area contributed by atoms with Gasteiger partial charge in [0, 0.05) is 51.0 Å². The molecule has 1 aromatic heterocycles. The minimum atomic E-state index is -0.246. The summed E-state index contributed by atoms with van der Waals surface area (Å²) in [6.45, 7) is 4.11. The summed E-state index contributed by atoms with van der Waals surface area (Å²) in [4.78, 5) is 26.4. The van der Waals surface area contributed by atoms with Crippen molar-refractivity contribution < 1.29 is 13.9 Å². The van der Waals surface area contributed by atoms with Gasteiger partial charge in [-0.05, 0) is 49.6 Å². The van der Waals surface area contributed by atoms with E-state index in [1.807, 2.05) is 24.2 Å². The quantitative estimate of drug-likeness (QED) is 0.738. The van der Waals surface area contributed by atoms with Crippen LogP contribution in [-0.4, -0.2) is 77.8 Å². The van der Waals surface area contributed by atoms with E-state index in [9.17, 15) is 9.18 Å². The van der Waals surface area contributed by atoms with Crippen LogP contribution < -0.4 is 10.6 Å². The number of aromatic nitrogens is 2. The second-order valence-corrected chi connectivity index (χ2v) is 9.31. The summed E-state index contributed by atoms with van der Waals surface area (Å²) in [5.41, 5.74) is 2.91. The number of nitrogens with zero attached hydrogens (tertiary/aromatic N) is 4. The first-order valence-electron chi connectivity index (χ1n) is 11.7. The summed E-state index contributed by atoms with van der Waals surface area (Å²) in [7, 11) is 2.03. The number of nitrogens with one attached hydrogen (secondary N) is 2. The van der Waals surface area contributed by atoms with Crippen LogP contribution in [0.4, 0.5) is 15.1 Å². The predicted molar refractivity (Wildman–Crippen MR) is 123 cm³/mol. The molecule has 3 aliphatic heterocycles. The summed E-state index contributed by atoms with van der Waals surface area (Å²) < 4.78 is 19.2. The van der Waals surface area contributed by atoms with E-state index in [2.05, 4.69) is 20.5 Å². The Bertz CT molecular complexity index is 999. The molecule has 2 atom stereocenters. The number of hydrogen-bond acceptors (Lipinski definition) is 6. The SMILES string of the molecule is CN1CC(NC(=O)N2CCc3cnc(NC4CCOCC4)nc3C2)[C@H](c2cccc(F)c2)C1. The van der Waals surface area contributed by atoms with Crippen molar-refractivity contribution in [1.82, 2.24) is 25.1 Å². The molecule has 0 bridgehead atoms. The van der Waals surface area contributed by atoms with Crippen molar-refractivity contribution in [3.63, 3.8) is 0 Å². The fourth-order valence-electron chi connectivity index (χ4n) is 5.04. The van der Waals surface area contributed by atoms with Gasteiger partial charge in [-0.25, -0.2) is 19.2 Å². The highest BCUT2D eigenvalue weighted by molar-refractivity contribution is 5.75. The minimum Gasteiger partial charge on any atom is -0.381 e. The van der Waals surface area contributed by atoms with Gasteiger partial charge in [0.2, 0.25) is 5.95 Å². The number of carbonyl (C=O) groups excluding carboxylic acids is 1. The first kappa shape index (κ1) is 22.0. The number of hydrogen-bond donors (Lipinski definition) is 2. The van der Waals surface area contributed by atoms with Crippen molar-refractivity contribution in [3.8, 4) is 0 Å². The Hall–Kier alpha value is -2.78. The molecule has 2 fully saturated rings. The molecule has 0 spiro atoms. The van der Waals surface area contributed by atoms with Crippen LogP contribution in [0.25, 0.3) is 0 Å². The van der Waals surface area contributed by atoms with Gasteiger partial charge in [-0.3, -0.25) is 0 Å². The molecule has 3 aliphatic rings. The first-order valence-corrected chi connectivity index (χ1v) is 11.7. The highest BCUT2D eigenvalue weighted by atomic mass is 19.1. The Morgan fingerprint density at radius 1 is 1.24 bits per heavy atom. The average Bonchev–Trinajstić information content (AvgIpc) is 3.19. The van der Waals surface area contributed by atoms with Gasteiger partial charge in [0.05, 0.1) is 18.3 Å². The Kier molecular flexibility index (Phi) is 6.41. The third-order valence-corrected chi connectivity index (χ3v) is 6.88. The van der Waals surface area contributed by atoms with Crippen LogP contribution in [0.15, 0.2) is 30.5 Å². The molecular weight excluding hydrogens is 423 g/mol. The van der Waals surface area contributed by atoms with Gasteiger partial charge in [0.15, 0.2) is 0 Å². The molecule has 0 radical (unpaired) electrons. The summed E-state index contributed by atoms with van der Waals surface area (Å²) >= 11 is 0. The van der Waals surface area contributed by atoms with Crippen molar-refractivity contribution in [3.05, 3.63) is 53.1 Å². The van der Waals surface area contributed by atoms with Crippen LogP contribution in [0.2, 0.25) is 0 Å². The van der Waals surface area contributed by atoms with Crippen LogP contribution in [-0.2, 0) is 17.7 Å². The van der Waals surface area contributed by atoms with E-state index < -0.39 is 0 Å². The molecule has 0 saturated carbocycles. The Morgan fingerprint density at radius 3 is 2.91 bits per heavy atom. The minimum absolute atomic E-state index is 0.0596. The molecule has 8 nitrogen and oxygen atoms in total. The summed E-state index contributed by atoms with van der Waals surface area (Å²) in [6, 6.07) is 6.85. The first-order chi connectivity index (χ1) is 16.0. The van der Waals surface area contributed by atoms with Gasteiger partial charge in [-0.2, -0.15) is 0 Å². The van der Waals surface area contributed by atoms with Gasteiger partial charge < -0.3 is 25.2 Å². The van der Waals surface area contributed by atoms with E-state index in [1.165, 1.54) is 6.07 Å². The number of halogens is 1. The zero-order valence-electron chi connectivity index (χ0n) is 19.0. The van der Waals surface area contributed by atoms with Crippen molar-refractivity contribution in [2.75, 3.05) is 45.2 Å². The molecule has 1 unspecified atom stereocenters. The Balaban J connectivity index is 1.24. The van der Waals surface area contributed by atoms with Crippen LogP contribution in [0.3, 0.4) is 0 Å². The maximum atomic E-state index is 13.8. The average molecular weight is 455 g/mol. The van der Waals surface area contributed by atoms with E-state index in [1.54, 1.807) is 12.1 Å². The molecule has 5 rings (SSSR count). The van der Waals surface area contributed by atoms with E-state index in [4.69, 9.17) is 9.72 Å². The number of amides is 2. The molecular formula is C24H31FN6O2. The third-order valence-electron chi connectivity index (χ3n) is 6.88. The van der Waals surface area contributed by atoms with Crippen molar-refractivity contribution in [2.45, 2.75) is 43.8 Å². The monoisotopic (exact) mass is 454 g/mol. The molecule has 2 aromatic rings. The maximum absolute atomic E-state index is 13.8. The zero-order chi connectivity index (χ0) is 22.8. The lowest BCUT2D eigenvalue weighted by Crippen LogP contribution is -2.49. The molecule has 0 aliphatic carbocycles. The number of likely N-dealkylation sites (tertiary alicyclic amines) is 1. The number of ether oxygens (including phenoxy) is 1. The van der Waals surface area contributed by atoms with Gasteiger partial charge in [0.1, 0.15) is 5.82 Å². The lowest BCUT2D eigenvalue weighted by atomic mass is 9.94. The van der Waals surface area contributed by atoms with Crippen LogP contribution >= 0.6 is 0 Å². The highest BCUT2D eigenvalue weighted by Crippen LogP contribution is 2.28. The number of anilines is 1. The number of urea groups is 1. The fourth-order valence-corrected chi connectivity index (χ4v) is 5.04. The lowest BCUT2D eigenvalue weighted by Gasteiger charge is -2.31. The van der Waals surface area contributed by atoms with Gasteiger partial charge in [0.25, 0.3) is 0 Å². The van der Waals surface area contributed by atoms with E-state index >= 15 is 0 Å². The van der Waals surface area contributed by atoms with E-state index in [-0.39, 0.29) is 23.8 Å². The second-order valence-electron chi connectivity index (χ2n) is 9.31. The number of likely N-dealkylation sites (N-methyl/N-ethyl adjacent to an activating group) is 1. The molecule has 9 heteroatoms. The molecule has 1 aromatic carbocycles. The standard InChI is InChI=1S/C24H31FN6O2/c1-30-13-20(16-3-2-4-18(25)11-16)22(14-30)29-24(32)31-8-5-17-12-26-23(28-21(17)15-31)27-19-6-9-33-10-7-19/h2-4,11-12,19-20,22H,5-10,13-15H2,1H3,(H,29,32)(H,26,27,28)/t20-,22?/m0/s1. The Morgan fingerprint density at radius 2 is 2.09 bits per heavy atom. The van der Waals surface area contributed by atoms with E-state index in [0.29, 0.717) is 25.1 Å². The van der Waals surface area contributed by atoms with Gasteiger partial charge in [-0.15, -0.1) is 0 Å². The van der Waals surface area contributed by atoms with E-state index in [0.717, 1.165) is 62.4 Å². The van der Waals surface area contributed by atoms with Crippen LogP contribution in [0, 0.1) is 5.82 Å². The molecule has 33 heavy (non-hydrogen) atoms. The lowest BCUT2D eigenvalue weighted by molar-refractivity contribution is 0.0903. The summed E-state index contributed by atoms with van der Waals surface area (Å²) in [6.07, 6.45) is 4.50. The van der Waals surface area contributed by atoms with Crippen molar-refractivity contribution >= 4 is 12.0 Å². The Labute approximate surface area is 193 Å². The molecule has 2 N–H and O–H groups in total. The second kappa shape index (κ2) is 9.61. The smallest absolute Gasteiger partial charge is 0.318 e. The normalized spacial score (nSPS) is 23.9. The predicted octanol–water partition coefficient (Wildman–Crippen LogP) is 2.37. The van der Waals surface area contributed by atoms with Crippen molar-refractivity contribution in [1.29, 1.82) is 0 Å².